The van der Waals surface area contributed by atoms with Crippen LogP contribution in [0.25, 0.3) is 75.2 Å². The molecule has 0 aliphatic carbocycles. The van der Waals surface area contributed by atoms with E-state index in [0.29, 0.717) is 5.56 Å². The average Bonchev–Trinajstić information content (AvgIpc) is 3.98. The Morgan fingerprint density at radius 1 is 0.400 bits per heavy atom. The summed E-state index contributed by atoms with van der Waals surface area (Å²) in [7, 11) is -3.13. The standard InChI is InChI=1S/C55H35N3SSi/c56-36-37-33-39(58-48-28-14-11-25-46(48)54-50(58)32-31-49-53(54)45-24-10-13-27-47(45)57(49)38-17-4-1-5-18-38)35-42(34-37)60(40-19-6-2-7-20-40,41-21-8-3-9-22-41)52-30-16-26-44-43-23-12-15-29-51(43)59-55(44)52/h1-35H. The summed E-state index contributed by atoms with van der Waals surface area (Å²) in [5, 5.41) is 23.4. The molecule has 0 aliphatic heterocycles. The highest BCUT2D eigenvalue weighted by Gasteiger charge is 2.43. The van der Waals surface area contributed by atoms with E-state index in [4.69, 9.17) is 0 Å². The number of nitrogens with zero attached hydrogens (tertiary/aromatic N) is 3. The average molecular weight is 798 g/mol. The van der Waals surface area contributed by atoms with Crippen LogP contribution in [0.1, 0.15) is 5.56 Å². The zero-order valence-electron chi connectivity index (χ0n) is 32.5. The topological polar surface area (TPSA) is 33.6 Å². The Balaban J connectivity index is 1.22. The minimum atomic E-state index is -3.13. The van der Waals surface area contributed by atoms with Gasteiger partial charge >= 0.3 is 0 Å². The molecular formula is C55H35N3SSi. The van der Waals surface area contributed by atoms with E-state index in [1.54, 1.807) is 0 Å². The molecular weight excluding hydrogens is 763 g/mol. The van der Waals surface area contributed by atoms with Crippen molar-refractivity contribution in [2.45, 2.75) is 0 Å². The van der Waals surface area contributed by atoms with E-state index in [-0.39, 0.29) is 0 Å². The van der Waals surface area contributed by atoms with Crippen molar-refractivity contribution in [3.8, 4) is 17.4 Å². The number of thiophene rings is 1. The Kier molecular flexibility index (Phi) is 7.79. The van der Waals surface area contributed by atoms with Crippen molar-refractivity contribution in [2.75, 3.05) is 0 Å². The molecule has 0 radical (unpaired) electrons. The van der Waals surface area contributed by atoms with Crippen molar-refractivity contribution in [1.82, 2.24) is 9.13 Å². The molecule has 3 aromatic heterocycles. The van der Waals surface area contributed by atoms with Crippen LogP contribution in [0.15, 0.2) is 212 Å². The number of fused-ring (bicyclic) bond motifs is 10. The summed E-state index contributed by atoms with van der Waals surface area (Å²) in [5.41, 5.74) is 7.31. The fraction of sp³-hybridized carbons (Fsp3) is 0. The van der Waals surface area contributed by atoms with Crippen LogP contribution in [0.3, 0.4) is 0 Å². The first-order valence-electron chi connectivity index (χ1n) is 20.3. The monoisotopic (exact) mass is 797 g/mol. The van der Waals surface area contributed by atoms with Gasteiger partial charge in [-0.1, -0.05) is 152 Å². The molecule has 60 heavy (non-hydrogen) atoms. The third-order valence-electron chi connectivity index (χ3n) is 12.4. The van der Waals surface area contributed by atoms with Crippen molar-refractivity contribution in [1.29, 1.82) is 5.26 Å². The van der Waals surface area contributed by atoms with Crippen molar-refractivity contribution in [2.24, 2.45) is 0 Å². The van der Waals surface area contributed by atoms with Gasteiger partial charge in [-0.2, -0.15) is 5.26 Å². The second-order valence-corrected chi connectivity index (χ2v) is 20.4. The van der Waals surface area contributed by atoms with Gasteiger partial charge in [0, 0.05) is 53.1 Å². The summed E-state index contributed by atoms with van der Waals surface area (Å²) in [6.07, 6.45) is 0. The van der Waals surface area contributed by atoms with Crippen LogP contribution in [0.5, 0.6) is 0 Å². The maximum Gasteiger partial charge on any atom is 0.181 e. The Labute approximate surface area is 351 Å². The van der Waals surface area contributed by atoms with E-state index >= 15 is 0 Å². The fourth-order valence-corrected chi connectivity index (χ4v) is 16.7. The van der Waals surface area contributed by atoms with Crippen LogP contribution >= 0.6 is 11.3 Å². The number of rotatable bonds is 6. The molecule has 12 rings (SSSR count). The first-order chi connectivity index (χ1) is 29.7. The quantitative estimate of drug-likeness (QED) is 0.122. The highest BCUT2D eigenvalue weighted by atomic mass is 32.1. The van der Waals surface area contributed by atoms with Gasteiger partial charge in [0.2, 0.25) is 0 Å². The normalized spacial score (nSPS) is 12.0. The van der Waals surface area contributed by atoms with Crippen LogP contribution in [-0.4, -0.2) is 17.2 Å². The summed E-state index contributed by atoms with van der Waals surface area (Å²) in [6, 6.07) is 79.8. The molecule has 9 aromatic carbocycles. The van der Waals surface area contributed by atoms with Crippen molar-refractivity contribution in [3.05, 3.63) is 218 Å². The molecule has 0 fully saturated rings. The molecule has 0 bridgehead atoms. The number of para-hydroxylation sites is 3. The lowest BCUT2D eigenvalue weighted by Gasteiger charge is -2.35. The zero-order chi connectivity index (χ0) is 39.8. The Morgan fingerprint density at radius 3 is 1.53 bits per heavy atom. The molecule has 0 amide bonds. The lowest BCUT2D eigenvalue weighted by molar-refractivity contribution is 1.17. The summed E-state index contributed by atoms with van der Waals surface area (Å²) in [5.74, 6) is 0. The molecule has 3 heterocycles. The van der Waals surface area contributed by atoms with Gasteiger partial charge in [-0.25, -0.2) is 0 Å². The van der Waals surface area contributed by atoms with E-state index in [0.717, 1.165) is 22.4 Å². The SMILES string of the molecule is N#Cc1cc(-n2c3ccccc3c3c4c5ccccc5n(-c5ccccc5)c4ccc32)cc([Si](c2ccccc2)(c2ccccc2)c2cccc3c2sc2ccccc23)c1. The number of benzene rings is 9. The van der Waals surface area contributed by atoms with Gasteiger partial charge in [0.15, 0.2) is 8.07 Å². The maximum atomic E-state index is 11.0. The first-order valence-corrected chi connectivity index (χ1v) is 23.1. The van der Waals surface area contributed by atoms with Gasteiger partial charge in [-0.15, -0.1) is 11.3 Å². The summed E-state index contributed by atoms with van der Waals surface area (Å²) in [4.78, 5) is 0. The molecule has 0 atom stereocenters. The molecule has 0 spiro atoms. The molecule has 3 nitrogen and oxygen atoms in total. The molecule has 12 aromatic rings. The smallest absolute Gasteiger partial charge is 0.181 e. The molecule has 5 heteroatoms. The molecule has 0 unspecified atom stereocenters. The number of aromatic nitrogens is 2. The van der Waals surface area contributed by atoms with Gasteiger partial charge in [0.05, 0.1) is 33.7 Å². The molecule has 0 N–H and O–H groups in total. The van der Waals surface area contributed by atoms with E-state index in [1.165, 1.54) is 73.5 Å². The third kappa shape index (κ3) is 4.93. The lowest BCUT2D eigenvalue weighted by Crippen LogP contribution is -2.74. The van der Waals surface area contributed by atoms with E-state index in [2.05, 4.69) is 228 Å². The summed E-state index contributed by atoms with van der Waals surface area (Å²) < 4.78 is 7.37. The van der Waals surface area contributed by atoms with Crippen LogP contribution in [0, 0.1) is 11.3 Å². The van der Waals surface area contributed by atoms with Crippen LogP contribution in [0.2, 0.25) is 0 Å². The number of nitriles is 1. The second-order valence-electron chi connectivity index (χ2n) is 15.5. The fourth-order valence-electron chi connectivity index (χ4n) is 10.1. The molecule has 0 aliphatic rings. The second kappa shape index (κ2) is 13.5. The van der Waals surface area contributed by atoms with Crippen LogP contribution in [0.4, 0.5) is 0 Å². The van der Waals surface area contributed by atoms with Crippen molar-refractivity contribution >= 4 is 104 Å². The van der Waals surface area contributed by atoms with E-state index < -0.39 is 8.07 Å². The highest BCUT2D eigenvalue weighted by Crippen LogP contribution is 2.42. The van der Waals surface area contributed by atoms with Crippen LogP contribution in [-0.2, 0) is 0 Å². The van der Waals surface area contributed by atoms with E-state index in [9.17, 15) is 5.26 Å². The molecule has 0 saturated carbocycles. The van der Waals surface area contributed by atoms with E-state index in [1.807, 2.05) is 11.3 Å². The molecule has 0 saturated heterocycles. The zero-order valence-corrected chi connectivity index (χ0v) is 34.3. The minimum absolute atomic E-state index is 0.641. The highest BCUT2D eigenvalue weighted by molar-refractivity contribution is 7.30. The van der Waals surface area contributed by atoms with Crippen LogP contribution < -0.4 is 20.7 Å². The van der Waals surface area contributed by atoms with Gasteiger partial charge in [-0.05, 0) is 81.4 Å². The summed E-state index contributed by atoms with van der Waals surface area (Å²) in [6.45, 7) is 0. The van der Waals surface area contributed by atoms with Gasteiger partial charge in [0.1, 0.15) is 0 Å². The Morgan fingerprint density at radius 2 is 0.917 bits per heavy atom. The lowest BCUT2D eigenvalue weighted by atomic mass is 10.1. The molecule has 280 valence electrons. The maximum absolute atomic E-state index is 11.0. The van der Waals surface area contributed by atoms with Gasteiger partial charge in [0.25, 0.3) is 0 Å². The van der Waals surface area contributed by atoms with Crippen molar-refractivity contribution < 1.29 is 0 Å². The Bertz CT molecular complexity index is 3630. The predicted molar refractivity (Wildman–Crippen MR) is 256 cm³/mol. The van der Waals surface area contributed by atoms with Crippen molar-refractivity contribution in [3.63, 3.8) is 0 Å². The Hall–Kier alpha value is -7.49. The minimum Gasteiger partial charge on any atom is -0.309 e. The number of hydrogen-bond donors (Lipinski definition) is 0. The van der Waals surface area contributed by atoms with Gasteiger partial charge in [-0.3, -0.25) is 0 Å². The largest absolute Gasteiger partial charge is 0.309 e. The van der Waals surface area contributed by atoms with Gasteiger partial charge < -0.3 is 9.13 Å². The third-order valence-corrected chi connectivity index (χ3v) is 18.6. The summed E-state index contributed by atoms with van der Waals surface area (Å²) >= 11 is 1.88. The predicted octanol–water partition coefficient (Wildman–Crippen LogP) is 11.5. The first kappa shape index (κ1) is 34.5. The number of hydrogen-bond acceptors (Lipinski definition) is 2.